The molecule has 7 nitrogen and oxygen atoms in total. The molecule has 37 heavy (non-hydrogen) atoms. The predicted octanol–water partition coefficient (Wildman–Crippen LogP) is 4.95. The molecule has 0 unspecified atom stereocenters. The van der Waals surface area contributed by atoms with Gasteiger partial charge in [-0.3, -0.25) is 9.10 Å². The summed E-state index contributed by atoms with van der Waals surface area (Å²) in [5, 5.41) is 6.32. The lowest BCUT2D eigenvalue weighted by atomic mass is 10.1. The lowest BCUT2D eigenvalue weighted by Gasteiger charge is -2.23. The zero-order valence-electron chi connectivity index (χ0n) is 21.0. The number of nitrogens with zero attached hydrogens (tertiary/aromatic N) is 2. The van der Waals surface area contributed by atoms with Gasteiger partial charge >= 0.3 is 0 Å². The number of hydrazone groups is 1. The van der Waals surface area contributed by atoms with E-state index in [-0.39, 0.29) is 6.54 Å². The van der Waals surface area contributed by atoms with Gasteiger partial charge in [-0.25, -0.2) is 13.8 Å². The van der Waals surface area contributed by atoms with Gasteiger partial charge < -0.3 is 4.74 Å². The maximum Gasteiger partial charge on any atom is 0.260 e. The van der Waals surface area contributed by atoms with Crippen molar-refractivity contribution in [3.63, 3.8) is 0 Å². The molecule has 4 aromatic carbocycles. The molecule has 1 N–H and O–H groups in total. The van der Waals surface area contributed by atoms with Gasteiger partial charge in [0.2, 0.25) is 10.0 Å². The number of benzene rings is 4. The monoisotopic (exact) mass is 515 g/mol. The summed E-state index contributed by atoms with van der Waals surface area (Å²) in [5.74, 6) is 0.170. The third-order valence-corrected chi connectivity index (χ3v) is 7.00. The van der Waals surface area contributed by atoms with Crippen LogP contribution in [-0.2, 0) is 21.4 Å². The van der Waals surface area contributed by atoms with Gasteiger partial charge in [-0.05, 0) is 77.2 Å². The molecule has 0 spiro atoms. The number of nitrogens with one attached hydrogen (secondary N) is 1. The maximum atomic E-state index is 12.5. The average Bonchev–Trinajstić information content (AvgIpc) is 2.87. The van der Waals surface area contributed by atoms with Crippen LogP contribution >= 0.6 is 0 Å². The van der Waals surface area contributed by atoms with Gasteiger partial charge in [0.1, 0.15) is 18.9 Å². The lowest BCUT2D eigenvalue weighted by Crippen LogP contribution is -2.39. The lowest BCUT2D eigenvalue weighted by molar-refractivity contribution is -0.119. The highest BCUT2D eigenvalue weighted by molar-refractivity contribution is 7.92. The van der Waals surface area contributed by atoms with Gasteiger partial charge in [-0.2, -0.15) is 5.10 Å². The Labute approximate surface area is 217 Å². The van der Waals surface area contributed by atoms with Crippen LogP contribution in [0.2, 0.25) is 0 Å². The number of sulfonamides is 1. The summed E-state index contributed by atoms with van der Waals surface area (Å²) >= 11 is 0. The Bertz CT molecular complexity index is 1540. The molecular formula is C29H29N3O4S. The number of ether oxygens (including phenoxy) is 1. The second-order valence-electron chi connectivity index (χ2n) is 8.85. The van der Waals surface area contributed by atoms with E-state index in [1.54, 1.807) is 13.0 Å². The summed E-state index contributed by atoms with van der Waals surface area (Å²) in [4.78, 5) is 12.5. The molecule has 0 fully saturated rings. The van der Waals surface area contributed by atoms with Crippen LogP contribution in [0.4, 0.5) is 5.69 Å². The van der Waals surface area contributed by atoms with Crippen LogP contribution in [0, 0.1) is 13.8 Å². The molecule has 0 atom stereocenters. The molecule has 0 saturated heterocycles. The standard InChI is InChI=1S/C29H29N3O4S/c1-21-11-12-22(2)28(17-21)32(37(3,34)35)19-29(33)31-30-18-23-13-15-26(16-14-23)36-20-25-9-6-8-24-7-4-5-10-27(24)25/h4-18H,19-20H2,1-3H3,(H,31,33)/b30-18-. The number of rotatable bonds is 9. The van der Waals surface area contributed by atoms with Crippen molar-refractivity contribution in [3.05, 3.63) is 107 Å². The maximum absolute atomic E-state index is 12.5. The molecule has 0 aromatic heterocycles. The molecule has 0 aliphatic carbocycles. The predicted molar refractivity (Wildman–Crippen MR) is 149 cm³/mol. The second-order valence-corrected chi connectivity index (χ2v) is 10.8. The van der Waals surface area contributed by atoms with Gasteiger partial charge in [-0.1, -0.05) is 54.6 Å². The Kier molecular flexibility index (Phi) is 7.89. The van der Waals surface area contributed by atoms with Crippen molar-refractivity contribution in [2.75, 3.05) is 17.1 Å². The fraction of sp³-hybridized carbons (Fsp3) is 0.172. The average molecular weight is 516 g/mol. The van der Waals surface area contributed by atoms with E-state index >= 15 is 0 Å². The Morgan fingerprint density at radius 3 is 2.46 bits per heavy atom. The van der Waals surface area contributed by atoms with Crippen molar-refractivity contribution < 1.29 is 17.9 Å². The zero-order valence-corrected chi connectivity index (χ0v) is 21.8. The van der Waals surface area contributed by atoms with Gasteiger partial charge in [0.05, 0.1) is 18.2 Å². The number of hydrogen-bond acceptors (Lipinski definition) is 5. The van der Waals surface area contributed by atoms with Crippen molar-refractivity contribution in [2.24, 2.45) is 5.10 Å². The minimum Gasteiger partial charge on any atom is -0.489 e. The van der Waals surface area contributed by atoms with E-state index in [4.69, 9.17) is 4.74 Å². The summed E-state index contributed by atoms with van der Waals surface area (Å²) in [7, 11) is -3.67. The highest BCUT2D eigenvalue weighted by Gasteiger charge is 2.22. The van der Waals surface area contributed by atoms with E-state index in [2.05, 4.69) is 34.8 Å². The Morgan fingerprint density at radius 1 is 0.973 bits per heavy atom. The van der Waals surface area contributed by atoms with Crippen molar-refractivity contribution in [2.45, 2.75) is 20.5 Å². The quantitative estimate of drug-likeness (QED) is 0.252. The molecule has 0 radical (unpaired) electrons. The molecule has 190 valence electrons. The molecule has 0 aliphatic rings. The highest BCUT2D eigenvalue weighted by atomic mass is 32.2. The smallest absolute Gasteiger partial charge is 0.260 e. The minimum absolute atomic E-state index is 0.374. The SMILES string of the molecule is Cc1ccc(C)c(N(CC(=O)N/N=C\c2ccc(OCc3cccc4ccccc34)cc2)S(C)(=O)=O)c1. The van der Waals surface area contributed by atoms with E-state index in [9.17, 15) is 13.2 Å². The fourth-order valence-electron chi connectivity index (χ4n) is 3.94. The van der Waals surface area contributed by atoms with E-state index in [1.165, 1.54) is 11.6 Å². The number of hydrogen-bond donors (Lipinski definition) is 1. The first kappa shape index (κ1) is 25.9. The summed E-state index contributed by atoms with van der Waals surface area (Å²) < 4.78 is 31.8. The van der Waals surface area contributed by atoms with E-state index in [1.807, 2.05) is 61.5 Å². The van der Waals surface area contributed by atoms with Gasteiger partial charge in [0.25, 0.3) is 5.91 Å². The first-order valence-corrected chi connectivity index (χ1v) is 13.6. The Balaban J connectivity index is 1.35. The van der Waals surface area contributed by atoms with Crippen molar-refractivity contribution in [1.29, 1.82) is 0 Å². The molecule has 0 aliphatic heterocycles. The summed E-state index contributed by atoms with van der Waals surface area (Å²) in [6.07, 6.45) is 2.57. The Hall–Kier alpha value is -4.17. The van der Waals surface area contributed by atoms with E-state index in [0.29, 0.717) is 18.0 Å². The molecule has 8 heteroatoms. The van der Waals surface area contributed by atoms with Crippen LogP contribution in [0.1, 0.15) is 22.3 Å². The van der Waals surface area contributed by atoms with Gasteiger partial charge in [-0.15, -0.1) is 0 Å². The third kappa shape index (κ3) is 6.74. The van der Waals surface area contributed by atoms with Crippen LogP contribution in [0.5, 0.6) is 5.75 Å². The second kappa shape index (κ2) is 11.3. The van der Waals surface area contributed by atoms with E-state index < -0.39 is 15.9 Å². The number of carbonyl (C=O) groups is 1. The summed E-state index contributed by atoms with van der Waals surface area (Å²) in [6.45, 7) is 3.75. The number of fused-ring (bicyclic) bond motifs is 1. The van der Waals surface area contributed by atoms with Crippen LogP contribution in [0.25, 0.3) is 10.8 Å². The third-order valence-electron chi connectivity index (χ3n) is 5.88. The number of carbonyl (C=O) groups excluding carboxylic acids is 1. The largest absolute Gasteiger partial charge is 0.489 e. The van der Waals surface area contributed by atoms with Crippen LogP contribution < -0.4 is 14.5 Å². The summed E-state index contributed by atoms with van der Waals surface area (Å²) in [5.41, 5.74) is 6.41. The van der Waals surface area contributed by atoms with E-state index in [0.717, 1.165) is 38.2 Å². The molecular weight excluding hydrogens is 486 g/mol. The van der Waals surface area contributed by atoms with Gasteiger partial charge in [0, 0.05) is 0 Å². The number of aryl methyl sites for hydroxylation is 2. The van der Waals surface area contributed by atoms with Crippen LogP contribution in [0.3, 0.4) is 0 Å². The highest BCUT2D eigenvalue weighted by Crippen LogP contribution is 2.24. The molecule has 0 saturated carbocycles. The fourth-order valence-corrected chi connectivity index (χ4v) is 4.85. The normalized spacial score (nSPS) is 11.5. The first-order valence-electron chi connectivity index (χ1n) is 11.8. The molecule has 1 amide bonds. The number of amides is 1. The van der Waals surface area contributed by atoms with Crippen LogP contribution in [-0.4, -0.2) is 33.3 Å². The topological polar surface area (TPSA) is 88.1 Å². The number of anilines is 1. The van der Waals surface area contributed by atoms with Crippen LogP contribution in [0.15, 0.2) is 90.0 Å². The molecule has 0 heterocycles. The Morgan fingerprint density at radius 2 is 1.70 bits per heavy atom. The molecule has 4 rings (SSSR count). The minimum atomic E-state index is -3.67. The molecule has 0 bridgehead atoms. The molecule has 4 aromatic rings. The van der Waals surface area contributed by atoms with Crippen molar-refractivity contribution in [3.8, 4) is 5.75 Å². The first-order chi connectivity index (χ1) is 17.7. The summed E-state index contributed by atoms with van der Waals surface area (Å²) in [6, 6.07) is 27.1. The zero-order chi connectivity index (χ0) is 26.4. The van der Waals surface area contributed by atoms with Crippen molar-refractivity contribution >= 4 is 38.6 Å². The van der Waals surface area contributed by atoms with Gasteiger partial charge in [0.15, 0.2) is 0 Å². The van der Waals surface area contributed by atoms with Crippen molar-refractivity contribution in [1.82, 2.24) is 5.43 Å².